The topological polar surface area (TPSA) is 106 Å². The fourth-order valence-electron chi connectivity index (χ4n) is 1.14. The highest BCUT2D eigenvalue weighted by Crippen LogP contribution is 1.99. The van der Waals surface area contributed by atoms with Crippen LogP contribution in [0.4, 0.5) is 0 Å². The Hall–Kier alpha value is -0.180. The van der Waals surface area contributed by atoms with Crippen molar-refractivity contribution in [3.05, 3.63) is 0 Å². The van der Waals surface area contributed by atoms with E-state index in [9.17, 15) is 16.8 Å². The van der Waals surface area contributed by atoms with Crippen LogP contribution in [0.1, 0.15) is 19.8 Å². The van der Waals surface area contributed by atoms with Gasteiger partial charge in [0.15, 0.2) is 14.9 Å². The van der Waals surface area contributed by atoms with Crippen LogP contribution < -0.4 is 10.5 Å². The Morgan fingerprint density at radius 3 is 2.13 bits per heavy atom. The largest absolute Gasteiger partial charge is 0.329 e. The van der Waals surface area contributed by atoms with Gasteiger partial charge < -0.3 is 5.73 Å². The molecule has 6 nitrogen and oxygen atoms in total. The van der Waals surface area contributed by atoms with Crippen LogP contribution in [0.3, 0.4) is 0 Å². The number of sulfonamides is 1. The van der Waals surface area contributed by atoms with E-state index < -0.39 is 24.9 Å². The van der Waals surface area contributed by atoms with Crippen molar-refractivity contribution in [1.29, 1.82) is 0 Å². The van der Waals surface area contributed by atoms with Crippen molar-refractivity contribution in [1.82, 2.24) is 4.72 Å². The Balaban J connectivity index is 4.49. The van der Waals surface area contributed by atoms with E-state index in [1.165, 1.54) is 0 Å². The van der Waals surface area contributed by atoms with E-state index in [1.807, 2.05) is 6.92 Å². The molecule has 0 radical (unpaired) electrons. The van der Waals surface area contributed by atoms with E-state index in [2.05, 4.69) is 4.72 Å². The van der Waals surface area contributed by atoms with Gasteiger partial charge in [0.1, 0.15) is 0 Å². The molecule has 0 saturated carbocycles. The summed E-state index contributed by atoms with van der Waals surface area (Å²) in [5, 5.41) is -0.889. The number of nitrogens with two attached hydrogens (primary N) is 1. The first-order valence-corrected chi connectivity index (χ1v) is 8.29. The Bertz CT molecular complexity index is 374. The summed E-state index contributed by atoms with van der Waals surface area (Å²) in [6.45, 7) is 2.06. The van der Waals surface area contributed by atoms with Gasteiger partial charge in [-0.1, -0.05) is 13.3 Å². The molecule has 0 bridgehead atoms. The minimum Gasteiger partial charge on any atom is -0.329 e. The lowest BCUT2D eigenvalue weighted by molar-refractivity contribution is 0.529. The summed E-state index contributed by atoms with van der Waals surface area (Å²) >= 11 is 0. The molecule has 8 heteroatoms. The summed E-state index contributed by atoms with van der Waals surface area (Å²) in [5.74, 6) is 0. The molecule has 0 fully saturated rings. The molecule has 3 N–H and O–H groups in total. The molecule has 0 aliphatic heterocycles. The lowest BCUT2D eigenvalue weighted by Crippen LogP contribution is -2.42. The van der Waals surface area contributed by atoms with Gasteiger partial charge in [-0.05, 0) is 6.42 Å². The van der Waals surface area contributed by atoms with Crippen molar-refractivity contribution in [3.63, 3.8) is 0 Å². The first-order valence-electron chi connectivity index (χ1n) is 4.58. The zero-order valence-corrected chi connectivity index (χ0v) is 10.6. The quantitative estimate of drug-likeness (QED) is 0.611. The molecule has 0 aromatic carbocycles. The summed E-state index contributed by atoms with van der Waals surface area (Å²) in [4.78, 5) is 0. The Kier molecular flexibility index (Phi) is 5.71. The van der Waals surface area contributed by atoms with Crippen molar-refractivity contribution < 1.29 is 16.8 Å². The molecule has 1 unspecified atom stereocenters. The second kappa shape index (κ2) is 5.78. The van der Waals surface area contributed by atoms with E-state index in [4.69, 9.17) is 5.73 Å². The third-order valence-corrected chi connectivity index (χ3v) is 5.28. The molecule has 0 amide bonds. The predicted octanol–water partition coefficient (Wildman–Crippen LogP) is -0.965. The maximum Gasteiger partial charge on any atom is 0.226 e. The molecular formula is C7H18N2O4S2. The molecule has 0 saturated heterocycles. The van der Waals surface area contributed by atoms with Crippen molar-refractivity contribution in [2.75, 3.05) is 17.9 Å². The molecule has 0 aromatic heterocycles. The molecule has 0 spiro atoms. The van der Waals surface area contributed by atoms with Crippen molar-refractivity contribution in [2.24, 2.45) is 5.73 Å². The van der Waals surface area contributed by atoms with Gasteiger partial charge in [-0.3, -0.25) is 0 Å². The van der Waals surface area contributed by atoms with Crippen LogP contribution in [-0.4, -0.2) is 40.8 Å². The third kappa shape index (κ3) is 7.71. The number of nitrogens with one attached hydrogen (secondary N) is 1. The summed E-state index contributed by atoms with van der Waals surface area (Å²) in [6, 6.07) is -0.387. The zero-order valence-electron chi connectivity index (χ0n) is 8.93. The van der Waals surface area contributed by atoms with Crippen molar-refractivity contribution >= 4 is 19.9 Å². The molecule has 92 valence electrons. The fraction of sp³-hybridized carbons (Fsp3) is 1.00. The van der Waals surface area contributed by atoms with Crippen LogP contribution >= 0.6 is 0 Å². The highest BCUT2D eigenvalue weighted by molar-refractivity contribution is 8.06. The van der Waals surface area contributed by atoms with Crippen LogP contribution in [0, 0.1) is 0 Å². The van der Waals surface area contributed by atoms with E-state index in [-0.39, 0.29) is 12.6 Å². The Labute approximate surface area is 91.2 Å². The van der Waals surface area contributed by atoms with Gasteiger partial charge >= 0.3 is 0 Å². The minimum atomic E-state index is -3.79. The first kappa shape index (κ1) is 14.8. The van der Waals surface area contributed by atoms with Gasteiger partial charge in [-0.15, -0.1) is 0 Å². The van der Waals surface area contributed by atoms with Gasteiger partial charge in [0.2, 0.25) is 10.0 Å². The number of sulfone groups is 1. The monoisotopic (exact) mass is 258 g/mol. The molecule has 0 rings (SSSR count). The molecule has 15 heavy (non-hydrogen) atoms. The van der Waals surface area contributed by atoms with Crippen molar-refractivity contribution in [3.8, 4) is 0 Å². The van der Waals surface area contributed by atoms with E-state index >= 15 is 0 Å². The van der Waals surface area contributed by atoms with Crippen LogP contribution in [-0.2, 0) is 19.9 Å². The Morgan fingerprint density at radius 2 is 1.80 bits per heavy atom. The van der Waals surface area contributed by atoms with E-state index in [0.717, 1.165) is 12.7 Å². The molecule has 0 aliphatic carbocycles. The van der Waals surface area contributed by atoms with Gasteiger partial charge in [0.05, 0.1) is 0 Å². The number of rotatable bonds is 7. The van der Waals surface area contributed by atoms with Gasteiger partial charge in [0.25, 0.3) is 0 Å². The third-order valence-electron chi connectivity index (χ3n) is 1.64. The minimum absolute atomic E-state index is 0.164. The molecule has 1 atom stereocenters. The highest BCUT2D eigenvalue weighted by atomic mass is 32.3. The van der Waals surface area contributed by atoms with Crippen LogP contribution in [0.15, 0.2) is 0 Å². The van der Waals surface area contributed by atoms with Gasteiger partial charge in [-0.25, -0.2) is 21.6 Å². The average Bonchev–Trinajstić information content (AvgIpc) is 1.98. The van der Waals surface area contributed by atoms with E-state index in [1.54, 1.807) is 0 Å². The summed E-state index contributed by atoms with van der Waals surface area (Å²) < 4.78 is 46.6. The summed E-state index contributed by atoms with van der Waals surface area (Å²) in [5.41, 5.74) is 5.35. The first-order chi connectivity index (χ1) is 6.70. The zero-order chi connectivity index (χ0) is 12.1. The second-order valence-corrected chi connectivity index (χ2v) is 7.76. The summed E-state index contributed by atoms with van der Waals surface area (Å²) in [7, 11) is -7.33. The van der Waals surface area contributed by atoms with Crippen LogP contribution in [0.5, 0.6) is 0 Å². The second-order valence-electron chi connectivity index (χ2n) is 3.50. The molecule has 0 heterocycles. The Morgan fingerprint density at radius 1 is 1.27 bits per heavy atom. The number of hydrogen-bond donors (Lipinski definition) is 2. The van der Waals surface area contributed by atoms with E-state index in [0.29, 0.717) is 6.42 Å². The number of hydrogen-bond acceptors (Lipinski definition) is 5. The molecule has 0 aliphatic rings. The van der Waals surface area contributed by atoms with Crippen molar-refractivity contribution in [2.45, 2.75) is 25.8 Å². The predicted molar refractivity (Wildman–Crippen MR) is 59.5 cm³/mol. The lowest BCUT2D eigenvalue weighted by atomic mass is 10.2. The SMILES string of the molecule is CCCC(CN)NS(=O)(=O)CS(C)(=O)=O. The smallest absolute Gasteiger partial charge is 0.226 e. The van der Waals surface area contributed by atoms with Crippen LogP contribution in [0.2, 0.25) is 0 Å². The highest BCUT2D eigenvalue weighted by Gasteiger charge is 2.21. The standard InChI is InChI=1S/C7H18N2O4S2/c1-3-4-7(5-8)9-15(12,13)6-14(2,10)11/h7,9H,3-6,8H2,1-2H3. The molecular weight excluding hydrogens is 240 g/mol. The average molecular weight is 258 g/mol. The van der Waals surface area contributed by atoms with Gasteiger partial charge in [0, 0.05) is 18.8 Å². The summed E-state index contributed by atoms with van der Waals surface area (Å²) in [6.07, 6.45) is 2.26. The van der Waals surface area contributed by atoms with Crippen LogP contribution in [0.25, 0.3) is 0 Å². The normalized spacial score (nSPS) is 15.1. The fourth-order valence-corrected chi connectivity index (χ4v) is 4.39. The molecule has 0 aromatic rings. The maximum atomic E-state index is 11.3. The lowest BCUT2D eigenvalue weighted by Gasteiger charge is -2.15. The van der Waals surface area contributed by atoms with Gasteiger partial charge in [-0.2, -0.15) is 0 Å². The maximum absolute atomic E-state index is 11.3.